The highest BCUT2D eigenvalue weighted by molar-refractivity contribution is 4.83. The molecule has 3 unspecified atom stereocenters. The maximum absolute atomic E-state index is 5.48. The van der Waals surface area contributed by atoms with Crippen LogP contribution in [0.5, 0.6) is 0 Å². The number of hydrogen-bond acceptors (Lipinski definition) is 3. The summed E-state index contributed by atoms with van der Waals surface area (Å²) in [4.78, 5) is 2.55. The second kappa shape index (κ2) is 6.46. The Morgan fingerprint density at radius 3 is 2.80 bits per heavy atom. The summed E-state index contributed by atoms with van der Waals surface area (Å²) in [6.07, 6.45) is 1.26. The summed E-state index contributed by atoms with van der Waals surface area (Å²) in [6, 6.07) is 1.26. The van der Waals surface area contributed by atoms with Crippen molar-refractivity contribution in [1.29, 1.82) is 0 Å². The van der Waals surface area contributed by atoms with Crippen molar-refractivity contribution in [2.45, 2.75) is 39.3 Å². The van der Waals surface area contributed by atoms with E-state index in [4.69, 9.17) is 4.74 Å². The summed E-state index contributed by atoms with van der Waals surface area (Å²) >= 11 is 0. The minimum Gasteiger partial charge on any atom is -0.380 e. The topological polar surface area (TPSA) is 24.5 Å². The van der Waals surface area contributed by atoms with Crippen LogP contribution in [0.4, 0.5) is 0 Å². The van der Waals surface area contributed by atoms with Gasteiger partial charge in [0, 0.05) is 31.8 Å². The Hall–Kier alpha value is -0.120. The minimum atomic E-state index is 0.560. The highest BCUT2D eigenvalue weighted by Crippen LogP contribution is 2.18. The van der Waals surface area contributed by atoms with Crippen LogP contribution < -0.4 is 5.32 Å². The van der Waals surface area contributed by atoms with Gasteiger partial charge in [-0.05, 0) is 33.2 Å². The Labute approximate surface area is 94.2 Å². The first-order chi connectivity index (χ1) is 7.19. The van der Waals surface area contributed by atoms with E-state index in [9.17, 15) is 0 Å². The molecule has 3 atom stereocenters. The minimum absolute atomic E-state index is 0.560. The van der Waals surface area contributed by atoms with Crippen LogP contribution in [-0.2, 0) is 4.74 Å². The second-order valence-electron chi connectivity index (χ2n) is 4.66. The number of rotatable bonds is 5. The number of piperidine rings is 1. The normalized spacial score (nSPS) is 30.4. The molecule has 0 aromatic heterocycles. The maximum Gasteiger partial charge on any atom is 0.0618 e. The lowest BCUT2D eigenvalue weighted by Crippen LogP contribution is -2.50. The lowest BCUT2D eigenvalue weighted by molar-refractivity contribution is 0.0447. The van der Waals surface area contributed by atoms with Gasteiger partial charge in [-0.2, -0.15) is 0 Å². The Bertz CT molecular complexity index is 175. The molecule has 1 rings (SSSR count). The molecular formula is C12H26N2O. The lowest BCUT2D eigenvalue weighted by atomic mass is 9.93. The van der Waals surface area contributed by atoms with Gasteiger partial charge in [-0.15, -0.1) is 0 Å². The summed E-state index contributed by atoms with van der Waals surface area (Å²) in [7, 11) is 2.07. The van der Waals surface area contributed by atoms with Gasteiger partial charge in [-0.3, -0.25) is 4.90 Å². The molecule has 1 aliphatic heterocycles. The Kier molecular flexibility index (Phi) is 5.58. The molecule has 0 saturated carbocycles. The number of likely N-dealkylation sites (tertiary alicyclic amines) is 1. The molecule has 1 heterocycles. The van der Waals surface area contributed by atoms with Gasteiger partial charge in [-0.1, -0.05) is 6.92 Å². The first kappa shape index (κ1) is 12.9. The molecule has 15 heavy (non-hydrogen) atoms. The molecule has 0 aliphatic carbocycles. The molecule has 3 heteroatoms. The first-order valence-electron chi connectivity index (χ1n) is 6.18. The van der Waals surface area contributed by atoms with E-state index in [-0.39, 0.29) is 0 Å². The molecule has 0 aromatic carbocycles. The fraction of sp³-hybridized carbons (Fsp3) is 1.00. The summed E-state index contributed by atoms with van der Waals surface area (Å²) < 4.78 is 5.48. The highest BCUT2D eigenvalue weighted by Gasteiger charge is 2.27. The van der Waals surface area contributed by atoms with Crippen LogP contribution in [0.3, 0.4) is 0 Å². The van der Waals surface area contributed by atoms with E-state index in [1.165, 1.54) is 19.5 Å². The van der Waals surface area contributed by atoms with Gasteiger partial charge in [0.15, 0.2) is 0 Å². The molecule has 1 N–H and O–H groups in total. The molecule has 1 aliphatic rings. The second-order valence-corrected chi connectivity index (χ2v) is 4.66. The standard InChI is InChI=1S/C12H26N2O/c1-5-15-9-11(3)14-7-6-12(13-4)10(2)8-14/h10-13H,5-9H2,1-4H3. The van der Waals surface area contributed by atoms with Crippen molar-refractivity contribution in [3.63, 3.8) is 0 Å². The van der Waals surface area contributed by atoms with E-state index in [2.05, 4.69) is 38.0 Å². The molecule has 0 spiro atoms. The third-order valence-electron chi connectivity index (χ3n) is 3.49. The fourth-order valence-corrected chi connectivity index (χ4v) is 2.40. The van der Waals surface area contributed by atoms with Crippen LogP contribution in [0.1, 0.15) is 27.2 Å². The quantitative estimate of drug-likeness (QED) is 0.747. The van der Waals surface area contributed by atoms with Crippen LogP contribution in [0.2, 0.25) is 0 Å². The average molecular weight is 214 g/mol. The van der Waals surface area contributed by atoms with E-state index < -0.39 is 0 Å². The van der Waals surface area contributed by atoms with Gasteiger partial charge >= 0.3 is 0 Å². The van der Waals surface area contributed by atoms with Crippen LogP contribution >= 0.6 is 0 Å². The molecule has 0 aromatic rings. The van der Waals surface area contributed by atoms with Crippen LogP contribution in [0.15, 0.2) is 0 Å². The zero-order valence-electron chi connectivity index (χ0n) is 10.6. The monoisotopic (exact) mass is 214 g/mol. The van der Waals surface area contributed by atoms with Gasteiger partial charge in [0.05, 0.1) is 6.61 Å². The summed E-state index contributed by atoms with van der Waals surface area (Å²) in [5.41, 5.74) is 0. The predicted molar refractivity (Wildman–Crippen MR) is 64.2 cm³/mol. The molecule has 0 bridgehead atoms. The van der Waals surface area contributed by atoms with Crippen molar-refractivity contribution >= 4 is 0 Å². The number of hydrogen-bond donors (Lipinski definition) is 1. The molecule has 90 valence electrons. The Morgan fingerprint density at radius 1 is 1.53 bits per heavy atom. The predicted octanol–water partition coefficient (Wildman–Crippen LogP) is 1.34. The van der Waals surface area contributed by atoms with Crippen molar-refractivity contribution in [2.24, 2.45) is 5.92 Å². The van der Waals surface area contributed by atoms with E-state index in [1.807, 2.05) is 0 Å². The summed E-state index contributed by atoms with van der Waals surface area (Å²) in [5, 5.41) is 3.40. The van der Waals surface area contributed by atoms with Gasteiger partial charge in [-0.25, -0.2) is 0 Å². The largest absolute Gasteiger partial charge is 0.380 e. The third kappa shape index (κ3) is 3.74. The van der Waals surface area contributed by atoms with Crippen molar-refractivity contribution < 1.29 is 4.74 Å². The average Bonchev–Trinajstić information content (AvgIpc) is 2.25. The number of nitrogens with one attached hydrogen (secondary N) is 1. The van der Waals surface area contributed by atoms with E-state index in [0.717, 1.165) is 19.1 Å². The smallest absolute Gasteiger partial charge is 0.0618 e. The van der Waals surface area contributed by atoms with Crippen LogP contribution in [-0.4, -0.2) is 50.3 Å². The van der Waals surface area contributed by atoms with Gasteiger partial charge in [0.25, 0.3) is 0 Å². The van der Waals surface area contributed by atoms with Gasteiger partial charge in [0.1, 0.15) is 0 Å². The fourth-order valence-electron chi connectivity index (χ4n) is 2.40. The van der Waals surface area contributed by atoms with Gasteiger partial charge < -0.3 is 10.1 Å². The number of nitrogens with zero attached hydrogens (tertiary/aromatic N) is 1. The molecule has 0 amide bonds. The zero-order chi connectivity index (χ0) is 11.3. The third-order valence-corrected chi connectivity index (χ3v) is 3.49. The highest BCUT2D eigenvalue weighted by atomic mass is 16.5. The van der Waals surface area contributed by atoms with E-state index in [0.29, 0.717) is 12.1 Å². The molecule has 1 saturated heterocycles. The van der Waals surface area contributed by atoms with Crippen molar-refractivity contribution in [1.82, 2.24) is 10.2 Å². The van der Waals surface area contributed by atoms with Gasteiger partial charge in [0.2, 0.25) is 0 Å². The lowest BCUT2D eigenvalue weighted by Gasteiger charge is -2.39. The van der Waals surface area contributed by atoms with Crippen molar-refractivity contribution in [2.75, 3.05) is 33.4 Å². The van der Waals surface area contributed by atoms with E-state index >= 15 is 0 Å². The van der Waals surface area contributed by atoms with E-state index in [1.54, 1.807) is 0 Å². The molecular weight excluding hydrogens is 188 g/mol. The molecule has 1 fully saturated rings. The molecule has 3 nitrogen and oxygen atoms in total. The number of ether oxygens (including phenoxy) is 1. The SMILES string of the molecule is CCOCC(C)N1CCC(NC)C(C)C1. The Balaban J connectivity index is 2.33. The zero-order valence-corrected chi connectivity index (χ0v) is 10.6. The van der Waals surface area contributed by atoms with Crippen LogP contribution in [0, 0.1) is 5.92 Å². The van der Waals surface area contributed by atoms with Crippen molar-refractivity contribution in [3.8, 4) is 0 Å². The maximum atomic E-state index is 5.48. The van der Waals surface area contributed by atoms with Crippen molar-refractivity contribution in [3.05, 3.63) is 0 Å². The molecule has 0 radical (unpaired) electrons. The first-order valence-corrected chi connectivity index (χ1v) is 6.18. The Morgan fingerprint density at radius 2 is 2.27 bits per heavy atom. The summed E-state index contributed by atoms with van der Waals surface area (Å²) in [6.45, 7) is 10.7. The van der Waals surface area contributed by atoms with Crippen LogP contribution in [0.25, 0.3) is 0 Å². The summed E-state index contributed by atoms with van der Waals surface area (Å²) in [5.74, 6) is 0.743.